The lowest BCUT2D eigenvalue weighted by atomic mass is 9.69. The van der Waals surface area contributed by atoms with Gasteiger partial charge in [-0.15, -0.1) is 0 Å². The zero-order chi connectivity index (χ0) is 13.9. The van der Waals surface area contributed by atoms with Gasteiger partial charge < -0.3 is 10.8 Å². The van der Waals surface area contributed by atoms with E-state index >= 15 is 0 Å². The highest BCUT2D eigenvalue weighted by molar-refractivity contribution is 5.26. The monoisotopic (exact) mass is 270 g/mol. The van der Waals surface area contributed by atoms with Crippen molar-refractivity contribution >= 4 is 0 Å². The van der Waals surface area contributed by atoms with Crippen molar-refractivity contribution in [1.29, 1.82) is 0 Å². The number of rotatable bonds is 4. The lowest BCUT2D eigenvalue weighted by molar-refractivity contribution is -0.0509. The Labute approximate surface area is 111 Å². The van der Waals surface area contributed by atoms with Gasteiger partial charge in [-0.1, -0.05) is 6.07 Å². The third-order valence-electron chi connectivity index (χ3n) is 4.13. The highest BCUT2D eigenvalue weighted by atomic mass is 19.3. The van der Waals surface area contributed by atoms with Gasteiger partial charge in [0.05, 0.1) is 0 Å². The van der Waals surface area contributed by atoms with Gasteiger partial charge in [0, 0.05) is 49.7 Å². The number of aromatic nitrogens is 1. The molecule has 3 nitrogen and oxygen atoms in total. The molecule has 0 spiro atoms. The molecule has 0 bridgehead atoms. The number of aliphatic hydroxyl groups is 1. The Balaban J connectivity index is 2.17. The number of halogens is 2. The van der Waals surface area contributed by atoms with Crippen molar-refractivity contribution in [3.8, 4) is 0 Å². The standard InChI is InChI=1S/C14H20F2N2O/c15-14(16)6-4-13(10-17,5-7-14)11-1-2-12(3-8-19)18-9-11/h1-2,9,19H,3-8,10,17H2. The molecule has 1 aromatic rings. The first-order chi connectivity index (χ1) is 9.01. The number of pyridine rings is 1. The van der Waals surface area contributed by atoms with E-state index in [1.807, 2.05) is 12.1 Å². The molecule has 19 heavy (non-hydrogen) atoms. The van der Waals surface area contributed by atoms with Crippen LogP contribution in [0.5, 0.6) is 0 Å². The highest BCUT2D eigenvalue weighted by Gasteiger charge is 2.43. The van der Waals surface area contributed by atoms with E-state index in [9.17, 15) is 8.78 Å². The Morgan fingerprint density at radius 3 is 2.37 bits per heavy atom. The van der Waals surface area contributed by atoms with Gasteiger partial charge in [-0.2, -0.15) is 0 Å². The van der Waals surface area contributed by atoms with E-state index in [-0.39, 0.29) is 24.9 Å². The number of aliphatic hydroxyl groups excluding tert-OH is 1. The van der Waals surface area contributed by atoms with Crippen LogP contribution in [0.3, 0.4) is 0 Å². The Kier molecular flexibility index (Phi) is 4.16. The molecule has 1 fully saturated rings. The average Bonchev–Trinajstić information content (AvgIpc) is 2.41. The van der Waals surface area contributed by atoms with Gasteiger partial charge in [0.2, 0.25) is 5.92 Å². The van der Waals surface area contributed by atoms with E-state index in [1.165, 1.54) is 0 Å². The van der Waals surface area contributed by atoms with Crippen molar-refractivity contribution < 1.29 is 13.9 Å². The van der Waals surface area contributed by atoms with Crippen molar-refractivity contribution in [3.63, 3.8) is 0 Å². The number of nitrogens with zero attached hydrogens (tertiary/aromatic N) is 1. The summed E-state index contributed by atoms with van der Waals surface area (Å²) in [6.07, 6.45) is 2.82. The van der Waals surface area contributed by atoms with Gasteiger partial charge in [0.25, 0.3) is 0 Å². The summed E-state index contributed by atoms with van der Waals surface area (Å²) in [5.41, 5.74) is 7.22. The van der Waals surface area contributed by atoms with E-state index in [1.54, 1.807) is 6.20 Å². The molecule has 0 aromatic carbocycles. The zero-order valence-corrected chi connectivity index (χ0v) is 10.9. The topological polar surface area (TPSA) is 59.1 Å². The van der Waals surface area contributed by atoms with Crippen LogP contribution in [-0.2, 0) is 11.8 Å². The maximum Gasteiger partial charge on any atom is 0.248 e. The molecule has 3 N–H and O–H groups in total. The lowest BCUT2D eigenvalue weighted by Crippen LogP contribution is -2.42. The van der Waals surface area contributed by atoms with Crippen LogP contribution in [0.15, 0.2) is 18.3 Å². The van der Waals surface area contributed by atoms with Crippen molar-refractivity contribution in [3.05, 3.63) is 29.6 Å². The first kappa shape index (κ1) is 14.3. The minimum atomic E-state index is -2.55. The van der Waals surface area contributed by atoms with Crippen molar-refractivity contribution in [2.45, 2.75) is 43.4 Å². The van der Waals surface area contributed by atoms with E-state index in [2.05, 4.69) is 4.98 Å². The van der Waals surface area contributed by atoms with Crippen LogP contribution in [0.1, 0.15) is 36.9 Å². The van der Waals surface area contributed by atoms with Gasteiger partial charge >= 0.3 is 0 Å². The number of alkyl halides is 2. The van der Waals surface area contributed by atoms with Crippen LogP contribution in [0.2, 0.25) is 0 Å². The predicted molar refractivity (Wildman–Crippen MR) is 69.2 cm³/mol. The van der Waals surface area contributed by atoms with Gasteiger partial charge in [-0.05, 0) is 24.5 Å². The van der Waals surface area contributed by atoms with Crippen LogP contribution in [0, 0.1) is 0 Å². The van der Waals surface area contributed by atoms with Crippen molar-refractivity contribution in [1.82, 2.24) is 4.98 Å². The molecule has 1 heterocycles. The van der Waals surface area contributed by atoms with Gasteiger partial charge in [0.1, 0.15) is 0 Å². The molecule has 1 aliphatic carbocycles. The third-order valence-corrected chi connectivity index (χ3v) is 4.13. The molecule has 106 valence electrons. The van der Waals surface area contributed by atoms with Crippen LogP contribution in [0.4, 0.5) is 8.78 Å². The zero-order valence-electron chi connectivity index (χ0n) is 10.9. The second-order valence-electron chi connectivity index (χ2n) is 5.35. The third kappa shape index (κ3) is 3.09. The normalized spacial score (nSPS) is 21.3. The van der Waals surface area contributed by atoms with Gasteiger partial charge in [-0.25, -0.2) is 8.78 Å². The number of hydrogen-bond acceptors (Lipinski definition) is 3. The fourth-order valence-electron chi connectivity index (χ4n) is 2.71. The van der Waals surface area contributed by atoms with E-state index in [0.29, 0.717) is 25.8 Å². The van der Waals surface area contributed by atoms with E-state index < -0.39 is 5.92 Å². The Bertz CT molecular complexity index is 410. The molecule has 0 amide bonds. The fourth-order valence-corrected chi connectivity index (χ4v) is 2.71. The van der Waals surface area contributed by atoms with Crippen LogP contribution < -0.4 is 5.73 Å². The molecule has 0 atom stereocenters. The summed E-state index contributed by atoms with van der Waals surface area (Å²) < 4.78 is 26.6. The number of nitrogens with two attached hydrogens (primary N) is 1. The van der Waals surface area contributed by atoms with Crippen LogP contribution in [0.25, 0.3) is 0 Å². The smallest absolute Gasteiger partial charge is 0.248 e. The lowest BCUT2D eigenvalue weighted by Gasteiger charge is -2.39. The minimum Gasteiger partial charge on any atom is -0.396 e. The van der Waals surface area contributed by atoms with E-state index in [0.717, 1.165) is 11.3 Å². The molecule has 0 saturated heterocycles. The maximum absolute atomic E-state index is 13.3. The second-order valence-corrected chi connectivity index (χ2v) is 5.35. The van der Waals surface area contributed by atoms with Crippen LogP contribution in [-0.4, -0.2) is 29.2 Å². The summed E-state index contributed by atoms with van der Waals surface area (Å²) in [5.74, 6) is -2.55. The van der Waals surface area contributed by atoms with E-state index in [4.69, 9.17) is 10.8 Å². The molecule has 2 rings (SSSR count). The first-order valence-corrected chi connectivity index (χ1v) is 6.65. The first-order valence-electron chi connectivity index (χ1n) is 6.65. The Hall–Kier alpha value is -1.07. The summed E-state index contributed by atoms with van der Waals surface area (Å²) in [6, 6.07) is 3.75. The van der Waals surface area contributed by atoms with Crippen molar-refractivity contribution in [2.24, 2.45) is 5.73 Å². The molecule has 0 unspecified atom stereocenters. The molecule has 1 saturated carbocycles. The second kappa shape index (κ2) is 5.51. The predicted octanol–water partition coefficient (Wildman–Crippen LogP) is 2.02. The van der Waals surface area contributed by atoms with Gasteiger partial charge in [-0.3, -0.25) is 4.98 Å². The maximum atomic E-state index is 13.3. The molecular formula is C14H20F2N2O. The SMILES string of the molecule is NCC1(c2ccc(CCO)nc2)CCC(F)(F)CC1. The van der Waals surface area contributed by atoms with Crippen LogP contribution >= 0.6 is 0 Å². The number of hydrogen-bond donors (Lipinski definition) is 2. The van der Waals surface area contributed by atoms with Crippen molar-refractivity contribution in [2.75, 3.05) is 13.2 Å². The summed E-state index contributed by atoms with van der Waals surface area (Å²) in [5, 5.41) is 8.85. The average molecular weight is 270 g/mol. The molecule has 1 aliphatic rings. The summed E-state index contributed by atoms with van der Waals surface area (Å²) in [6.45, 7) is 0.421. The fraction of sp³-hybridized carbons (Fsp3) is 0.643. The molecule has 0 aliphatic heterocycles. The molecule has 1 aromatic heterocycles. The Morgan fingerprint density at radius 1 is 1.21 bits per heavy atom. The molecule has 0 radical (unpaired) electrons. The highest BCUT2D eigenvalue weighted by Crippen LogP contribution is 2.44. The summed E-state index contributed by atoms with van der Waals surface area (Å²) >= 11 is 0. The quantitative estimate of drug-likeness (QED) is 0.880. The summed E-state index contributed by atoms with van der Waals surface area (Å²) in [4.78, 5) is 4.27. The molecular weight excluding hydrogens is 250 g/mol. The van der Waals surface area contributed by atoms with Gasteiger partial charge in [0.15, 0.2) is 0 Å². The molecule has 5 heteroatoms. The summed E-state index contributed by atoms with van der Waals surface area (Å²) in [7, 11) is 0. The largest absolute Gasteiger partial charge is 0.396 e. The Morgan fingerprint density at radius 2 is 1.89 bits per heavy atom. The minimum absolute atomic E-state index is 0.0562.